The van der Waals surface area contributed by atoms with Crippen LogP contribution in [-0.2, 0) is 33.2 Å². The number of hydrogen-bond donors (Lipinski definition) is 0. The molecule has 0 aromatic heterocycles. The van der Waals surface area contributed by atoms with Gasteiger partial charge in [-0.05, 0) is 43.5 Å². The lowest BCUT2D eigenvalue weighted by molar-refractivity contribution is -0.315. The van der Waals surface area contributed by atoms with Crippen molar-refractivity contribution < 1.29 is 33.2 Å². The van der Waals surface area contributed by atoms with E-state index >= 15 is 0 Å². The molecule has 4 unspecified atom stereocenters. The first kappa shape index (κ1) is 32.5. The highest BCUT2D eigenvalue weighted by Gasteiger charge is 2.52. The van der Waals surface area contributed by atoms with Crippen LogP contribution in [0.3, 0.4) is 0 Å². The van der Waals surface area contributed by atoms with Crippen LogP contribution in [0, 0.1) is 0 Å². The van der Waals surface area contributed by atoms with E-state index in [4.69, 9.17) is 28.4 Å². The third-order valence-corrected chi connectivity index (χ3v) is 7.47. The molecule has 0 bridgehead atoms. The van der Waals surface area contributed by atoms with Gasteiger partial charge in [0.25, 0.3) is 0 Å². The molecular formula is C24H42N6O7S. The fraction of sp³-hybridized carbons (Fsp3) is 0.958. The Hall–Kier alpha value is -1.76. The minimum atomic E-state index is -1.07. The van der Waals surface area contributed by atoms with Gasteiger partial charge in [0, 0.05) is 30.0 Å². The van der Waals surface area contributed by atoms with E-state index in [0.717, 1.165) is 31.4 Å². The van der Waals surface area contributed by atoms with Gasteiger partial charge in [0.2, 0.25) is 0 Å². The normalized spacial score (nSPS) is 35.1. The Labute approximate surface area is 228 Å². The molecule has 216 valence electrons. The lowest BCUT2D eigenvalue weighted by atomic mass is 9.95. The smallest absolute Gasteiger partial charge is 0.303 e. The summed E-state index contributed by atoms with van der Waals surface area (Å²) in [5, 5.41) is 7.88. The zero-order valence-electron chi connectivity index (χ0n) is 23.2. The average Bonchev–Trinajstić information content (AvgIpc) is 2.87. The third kappa shape index (κ3) is 8.89. The molecule has 2 aliphatic heterocycles. The summed E-state index contributed by atoms with van der Waals surface area (Å²) in [4.78, 5) is 18.1. The van der Waals surface area contributed by atoms with E-state index in [1.54, 1.807) is 6.92 Å². The average molecular weight is 559 g/mol. The Bertz CT molecular complexity index is 828. The quantitative estimate of drug-likeness (QED) is 0.0859. The summed E-state index contributed by atoms with van der Waals surface area (Å²) >= 11 is 1.53. The SMILES string of the molecule is CCCCOC1[C@H](N=[N+]=[N-])C(C)O[C@H](O[C@@H]2C(OCCCC)[C@H](N=[N+]=[N-])C(C)O[C@@H]2SCC)[C@@H]1OC(C)=O. The standard InChI is InChI=1S/C24H42N6O7S/c1-7-10-12-32-19-17(27-29-25)14(4)34-23(21(19)36-16(6)31)37-22-20(33-13-11-8-2)18(28-30-26)15(5)35-24(22)38-9-3/h14-15,17-24H,7-13H2,1-6H3/t14?,15?,17-,18-,19?,20?,21-,22-,23-,24-/m1/s1. The lowest BCUT2D eigenvalue weighted by Gasteiger charge is -2.48. The van der Waals surface area contributed by atoms with Crippen LogP contribution >= 0.6 is 11.8 Å². The molecule has 2 saturated heterocycles. The van der Waals surface area contributed by atoms with Crippen molar-refractivity contribution in [2.75, 3.05) is 19.0 Å². The molecule has 0 aliphatic carbocycles. The van der Waals surface area contributed by atoms with Crippen molar-refractivity contribution in [3.05, 3.63) is 20.9 Å². The fourth-order valence-corrected chi connectivity index (χ4v) is 5.53. The van der Waals surface area contributed by atoms with E-state index in [0.29, 0.717) is 13.2 Å². The predicted molar refractivity (Wildman–Crippen MR) is 142 cm³/mol. The minimum Gasteiger partial charge on any atom is -0.454 e. The molecule has 0 N–H and O–H groups in total. The molecule has 2 rings (SSSR count). The first-order valence-corrected chi connectivity index (χ1v) is 14.4. The van der Waals surface area contributed by atoms with Crippen molar-refractivity contribution in [2.45, 2.75) is 128 Å². The minimum absolute atomic E-state index is 0.385. The van der Waals surface area contributed by atoms with E-state index < -0.39 is 66.4 Å². The predicted octanol–water partition coefficient (Wildman–Crippen LogP) is 5.27. The largest absolute Gasteiger partial charge is 0.454 e. The maximum atomic E-state index is 12.2. The van der Waals surface area contributed by atoms with Crippen LogP contribution in [-0.4, -0.2) is 85.4 Å². The molecule has 0 aromatic rings. The van der Waals surface area contributed by atoms with E-state index in [1.807, 2.05) is 20.8 Å². The molecule has 10 atom stereocenters. The molecule has 0 amide bonds. The lowest BCUT2D eigenvalue weighted by Crippen LogP contribution is -2.63. The molecule has 38 heavy (non-hydrogen) atoms. The molecule has 14 heteroatoms. The van der Waals surface area contributed by atoms with Crippen LogP contribution in [0.15, 0.2) is 10.2 Å². The van der Waals surface area contributed by atoms with Crippen molar-refractivity contribution in [2.24, 2.45) is 10.2 Å². The zero-order chi connectivity index (χ0) is 28.1. The van der Waals surface area contributed by atoms with Crippen LogP contribution in [0.1, 0.15) is 67.2 Å². The second-order valence-corrected chi connectivity index (χ2v) is 10.7. The van der Waals surface area contributed by atoms with Crippen LogP contribution in [0.25, 0.3) is 20.9 Å². The number of hydrogen-bond acceptors (Lipinski definition) is 10. The van der Waals surface area contributed by atoms with Crippen molar-refractivity contribution in [1.29, 1.82) is 0 Å². The van der Waals surface area contributed by atoms with Crippen molar-refractivity contribution >= 4 is 17.7 Å². The highest BCUT2D eigenvalue weighted by Crippen LogP contribution is 2.37. The summed E-state index contributed by atoms with van der Waals surface area (Å²) in [6.45, 7) is 11.8. The molecule has 0 aromatic carbocycles. The van der Waals surface area contributed by atoms with Crippen molar-refractivity contribution in [1.82, 2.24) is 0 Å². The number of rotatable bonds is 15. The van der Waals surface area contributed by atoms with Gasteiger partial charge in [-0.2, -0.15) is 0 Å². The fourth-order valence-electron chi connectivity index (χ4n) is 4.54. The number of azide groups is 2. The number of nitrogens with zero attached hydrogens (tertiary/aromatic N) is 6. The zero-order valence-corrected chi connectivity index (χ0v) is 24.0. The number of esters is 1. The van der Waals surface area contributed by atoms with Crippen LogP contribution in [0.5, 0.6) is 0 Å². The van der Waals surface area contributed by atoms with E-state index in [2.05, 4.69) is 27.0 Å². The van der Waals surface area contributed by atoms with Crippen LogP contribution in [0.4, 0.5) is 0 Å². The number of unbranched alkanes of at least 4 members (excludes halogenated alkanes) is 2. The van der Waals surface area contributed by atoms with Gasteiger partial charge in [0.15, 0.2) is 12.4 Å². The molecule has 2 aliphatic rings. The summed E-state index contributed by atoms with van der Waals surface area (Å²) in [6.07, 6.45) is -1.80. The van der Waals surface area contributed by atoms with Crippen molar-refractivity contribution in [3.8, 4) is 0 Å². The summed E-state index contributed by atoms with van der Waals surface area (Å²) in [7, 11) is 0. The molecule has 2 fully saturated rings. The van der Waals surface area contributed by atoms with Crippen molar-refractivity contribution in [3.63, 3.8) is 0 Å². The molecule has 0 spiro atoms. The molecule has 13 nitrogen and oxygen atoms in total. The Morgan fingerprint density at radius 1 is 0.868 bits per heavy atom. The van der Waals surface area contributed by atoms with Gasteiger partial charge in [0.05, 0.1) is 30.4 Å². The monoisotopic (exact) mass is 558 g/mol. The Kier molecular flexibility index (Phi) is 14.6. The first-order chi connectivity index (χ1) is 18.3. The van der Waals surface area contributed by atoms with Crippen LogP contribution in [0.2, 0.25) is 0 Å². The number of ether oxygens (including phenoxy) is 6. The van der Waals surface area contributed by atoms with Gasteiger partial charge < -0.3 is 28.4 Å². The Morgan fingerprint density at radius 3 is 1.87 bits per heavy atom. The first-order valence-electron chi connectivity index (χ1n) is 13.4. The summed E-state index contributed by atoms with van der Waals surface area (Å²) in [6, 6.07) is -1.38. The number of carbonyl (C=O) groups is 1. The second kappa shape index (κ2) is 17.0. The highest BCUT2D eigenvalue weighted by molar-refractivity contribution is 7.99. The van der Waals surface area contributed by atoms with Gasteiger partial charge >= 0.3 is 5.97 Å². The maximum Gasteiger partial charge on any atom is 0.303 e. The molecule has 2 heterocycles. The topological polar surface area (TPSA) is 170 Å². The molecule has 0 saturated carbocycles. The summed E-state index contributed by atoms with van der Waals surface area (Å²) < 4.78 is 37.0. The summed E-state index contributed by atoms with van der Waals surface area (Å²) in [5.41, 5.74) is 18.0. The van der Waals surface area contributed by atoms with Gasteiger partial charge in [-0.1, -0.05) is 43.8 Å². The highest BCUT2D eigenvalue weighted by atomic mass is 32.2. The number of thioether (sulfide) groups is 1. The Morgan fingerprint density at radius 2 is 1.39 bits per heavy atom. The maximum absolute atomic E-state index is 12.2. The van der Waals surface area contributed by atoms with Gasteiger partial charge in [-0.15, -0.1) is 11.8 Å². The van der Waals surface area contributed by atoms with Crippen LogP contribution < -0.4 is 0 Å². The number of carbonyl (C=O) groups excluding carboxylic acids is 1. The van der Waals surface area contributed by atoms with Gasteiger partial charge in [0.1, 0.15) is 17.6 Å². The van der Waals surface area contributed by atoms with Gasteiger partial charge in [-0.25, -0.2) is 0 Å². The Balaban J connectivity index is 2.46. The van der Waals surface area contributed by atoms with E-state index in [-0.39, 0.29) is 0 Å². The second-order valence-electron chi connectivity index (χ2n) is 9.32. The molecular weight excluding hydrogens is 516 g/mol. The summed E-state index contributed by atoms with van der Waals surface area (Å²) in [5.74, 6) is 0.184. The third-order valence-electron chi connectivity index (χ3n) is 6.43. The van der Waals surface area contributed by atoms with E-state index in [9.17, 15) is 15.9 Å². The molecule has 0 radical (unpaired) electrons. The van der Waals surface area contributed by atoms with Gasteiger partial charge in [-0.3, -0.25) is 4.79 Å². The van der Waals surface area contributed by atoms with E-state index in [1.165, 1.54) is 18.7 Å².